The van der Waals surface area contributed by atoms with Crippen LogP contribution in [-0.4, -0.2) is 6.04 Å². The van der Waals surface area contributed by atoms with Crippen LogP contribution in [0.2, 0.25) is 0 Å². The predicted octanol–water partition coefficient (Wildman–Crippen LogP) is 3.92. The van der Waals surface area contributed by atoms with E-state index >= 15 is 0 Å². The Morgan fingerprint density at radius 3 is 2.53 bits per heavy atom. The molecule has 1 aromatic heterocycles. The van der Waals surface area contributed by atoms with Crippen molar-refractivity contribution >= 4 is 27.3 Å². The number of thiophene rings is 1. The number of hydrogen-bond donors (Lipinski definition) is 1. The van der Waals surface area contributed by atoms with Crippen molar-refractivity contribution in [3.8, 4) is 0 Å². The Kier molecular flexibility index (Phi) is 2.32. The summed E-state index contributed by atoms with van der Waals surface area (Å²) in [5.74, 6) is 2.58. The lowest BCUT2D eigenvalue weighted by Crippen LogP contribution is -2.58. The summed E-state index contributed by atoms with van der Waals surface area (Å²) in [6.45, 7) is 0. The third-order valence-electron chi connectivity index (χ3n) is 5.44. The highest BCUT2D eigenvalue weighted by molar-refractivity contribution is 9.10. The molecule has 0 aromatic carbocycles. The van der Waals surface area contributed by atoms with E-state index in [4.69, 9.17) is 5.73 Å². The second-order valence-electron chi connectivity index (χ2n) is 6.46. The fourth-order valence-electron chi connectivity index (χ4n) is 4.96. The Bertz CT molecular complexity index is 439. The van der Waals surface area contributed by atoms with Gasteiger partial charge in [-0.3, -0.25) is 0 Å². The highest BCUT2D eigenvalue weighted by atomic mass is 79.9. The molecule has 17 heavy (non-hydrogen) atoms. The maximum absolute atomic E-state index is 6.40. The first-order chi connectivity index (χ1) is 8.16. The van der Waals surface area contributed by atoms with Gasteiger partial charge in [-0.25, -0.2) is 0 Å². The van der Waals surface area contributed by atoms with Gasteiger partial charge in [0.1, 0.15) is 0 Å². The first kappa shape index (κ1) is 11.0. The average Bonchev–Trinajstić information content (AvgIpc) is 2.72. The van der Waals surface area contributed by atoms with E-state index in [1.54, 1.807) is 4.88 Å². The molecule has 4 bridgehead atoms. The van der Waals surface area contributed by atoms with Gasteiger partial charge in [-0.2, -0.15) is 0 Å². The number of halogens is 1. The fourth-order valence-corrected chi connectivity index (χ4v) is 6.62. The maximum Gasteiger partial charge on any atom is 0.0285 e. The maximum atomic E-state index is 6.40. The topological polar surface area (TPSA) is 26.0 Å². The molecular formula is C14H18BrNS. The van der Waals surface area contributed by atoms with E-state index < -0.39 is 0 Å². The molecule has 2 atom stereocenters. The zero-order valence-electron chi connectivity index (χ0n) is 9.86. The van der Waals surface area contributed by atoms with E-state index in [-0.39, 0.29) is 0 Å². The molecule has 2 N–H and O–H groups in total. The zero-order valence-corrected chi connectivity index (χ0v) is 12.3. The van der Waals surface area contributed by atoms with Crippen LogP contribution in [-0.2, 0) is 5.41 Å². The quantitative estimate of drug-likeness (QED) is 0.836. The van der Waals surface area contributed by atoms with Crippen molar-refractivity contribution in [2.45, 2.75) is 43.6 Å². The van der Waals surface area contributed by atoms with Crippen LogP contribution in [0.1, 0.15) is 37.0 Å². The van der Waals surface area contributed by atoms with Gasteiger partial charge in [-0.05, 0) is 71.9 Å². The molecule has 4 saturated carbocycles. The normalized spacial score (nSPS) is 47.6. The van der Waals surface area contributed by atoms with Gasteiger partial charge in [0, 0.05) is 26.2 Å². The number of hydrogen-bond acceptors (Lipinski definition) is 2. The van der Waals surface area contributed by atoms with Crippen LogP contribution in [0.5, 0.6) is 0 Å². The average molecular weight is 312 g/mol. The van der Waals surface area contributed by atoms with Crippen molar-refractivity contribution in [3.63, 3.8) is 0 Å². The fraction of sp³-hybridized carbons (Fsp3) is 0.714. The van der Waals surface area contributed by atoms with Crippen molar-refractivity contribution in [2.75, 3.05) is 0 Å². The van der Waals surface area contributed by atoms with Crippen LogP contribution in [0.3, 0.4) is 0 Å². The minimum atomic E-state index is 0.503. The lowest BCUT2D eigenvalue weighted by Gasteiger charge is -2.59. The smallest absolute Gasteiger partial charge is 0.0285 e. The van der Waals surface area contributed by atoms with Gasteiger partial charge in [-0.15, -0.1) is 11.3 Å². The third kappa shape index (κ3) is 1.52. The molecule has 0 spiro atoms. The second kappa shape index (κ2) is 3.58. The van der Waals surface area contributed by atoms with Gasteiger partial charge in [0.15, 0.2) is 0 Å². The van der Waals surface area contributed by atoms with Crippen LogP contribution in [0, 0.1) is 17.8 Å². The molecule has 4 aliphatic rings. The lowest BCUT2D eigenvalue weighted by atomic mass is 9.48. The van der Waals surface area contributed by atoms with E-state index in [1.165, 1.54) is 36.6 Å². The molecule has 0 radical (unpaired) electrons. The molecule has 1 aromatic rings. The Morgan fingerprint density at radius 2 is 1.94 bits per heavy atom. The molecule has 92 valence electrons. The Labute approximate surface area is 115 Å². The molecule has 3 heteroatoms. The zero-order chi connectivity index (χ0) is 11.6. The van der Waals surface area contributed by atoms with Crippen molar-refractivity contribution < 1.29 is 0 Å². The van der Waals surface area contributed by atoms with Crippen molar-refractivity contribution in [3.05, 3.63) is 20.8 Å². The van der Waals surface area contributed by atoms with Crippen molar-refractivity contribution in [1.29, 1.82) is 0 Å². The van der Waals surface area contributed by atoms with Gasteiger partial charge in [-0.1, -0.05) is 0 Å². The molecule has 0 aliphatic heterocycles. The standard InChI is InChI=1S/C14H18BrNS/c15-11-3-12(17-7-11)14-4-8-1-9(5-14)13(16)10(2-8)6-14/h3,7-10,13H,1-2,4-6,16H2. The van der Waals surface area contributed by atoms with E-state index in [0.717, 1.165) is 17.8 Å². The largest absolute Gasteiger partial charge is 0.327 e. The van der Waals surface area contributed by atoms with Crippen LogP contribution in [0.25, 0.3) is 0 Å². The minimum absolute atomic E-state index is 0.503. The van der Waals surface area contributed by atoms with E-state index in [1.807, 2.05) is 11.3 Å². The first-order valence-electron chi connectivity index (χ1n) is 6.66. The first-order valence-corrected chi connectivity index (χ1v) is 8.34. The van der Waals surface area contributed by atoms with Gasteiger partial charge in [0.25, 0.3) is 0 Å². The summed E-state index contributed by atoms with van der Waals surface area (Å²) in [5, 5.41) is 2.24. The van der Waals surface area contributed by atoms with Gasteiger partial charge in [0.05, 0.1) is 0 Å². The molecule has 5 rings (SSSR count). The molecule has 4 aliphatic carbocycles. The highest BCUT2D eigenvalue weighted by Crippen LogP contribution is 2.61. The van der Waals surface area contributed by atoms with Crippen LogP contribution < -0.4 is 5.73 Å². The monoisotopic (exact) mass is 311 g/mol. The molecular weight excluding hydrogens is 294 g/mol. The highest BCUT2D eigenvalue weighted by Gasteiger charge is 2.55. The Balaban J connectivity index is 1.75. The molecule has 2 unspecified atom stereocenters. The SMILES string of the molecule is NC1C2CC3CC1CC(c1cc(Br)cs1)(C3)C2. The Hall–Kier alpha value is 0.140. The summed E-state index contributed by atoms with van der Waals surface area (Å²) < 4.78 is 1.26. The number of nitrogens with two attached hydrogens (primary N) is 1. The predicted molar refractivity (Wildman–Crippen MR) is 75.2 cm³/mol. The summed E-state index contributed by atoms with van der Waals surface area (Å²) in [7, 11) is 0. The third-order valence-corrected chi connectivity index (χ3v) is 7.37. The van der Waals surface area contributed by atoms with Gasteiger partial charge < -0.3 is 5.73 Å². The van der Waals surface area contributed by atoms with Crippen molar-refractivity contribution in [1.82, 2.24) is 0 Å². The lowest BCUT2D eigenvalue weighted by molar-refractivity contribution is -0.0210. The van der Waals surface area contributed by atoms with E-state index in [0.29, 0.717) is 11.5 Å². The minimum Gasteiger partial charge on any atom is -0.327 e. The summed E-state index contributed by atoms with van der Waals surface area (Å²) in [4.78, 5) is 1.62. The summed E-state index contributed by atoms with van der Waals surface area (Å²) >= 11 is 5.56. The Morgan fingerprint density at radius 1 is 1.24 bits per heavy atom. The van der Waals surface area contributed by atoms with Gasteiger partial charge >= 0.3 is 0 Å². The summed E-state index contributed by atoms with van der Waals surface area (Å²) in [6, 6.07) is 2.87. The van der Waals surface area contributed by atoms with Crippen LogP contribution in [0.15, 0.2) is 15.9 Å². The molecule has 0 amide bonds. The van der Waals surface area contributed by atoms with Crippen LogP contribution >= 0.6 is 27.3 Å². The summed E-state index contributed by atoms with van der Waals surface area (Å²) in [6.07, 6.45) is 6.96. The van der Waals surface area contributed by atoms with Crippen LogP contribution in [0.4, 0.5) is 0 Å². The molecule has 0 saturated heterocycles. The van der Waals surface area contributed by atoms with E-state index in [2.05, 4.69) is 27.4 Å². The summed E-state index contributed by atoms with van der Waals surface area (Å²) in [5.41, 5.74) is 6.91. The van der Waals surface area contributed by atoms with E-state index in [9.17, 15) is 0 Å². The van der Waals surface area contributed by atoms with Gasteiger partial charge in [0.2, 0.25) is 0 Å². The second-order valence-corrected chi connectivity index (χ2v) is 8.28. The number of rotatable bonds is 1. The van der Waals surface area contributed by atoms with Crippen molar-refractivity contribution in [2.24, 2.45) is 23.5 Å². The molecule has 1 heterocycles. The molecule has 1 nitrogen and oxygen atoms in total. The molecule has 4 fully saturated rings.